The van der Waals surface area contributed by atoms with Gasteiger partial charge < -0.3 is 40.4 Å². The van der Waals surface area contributed by atoms with Crippen molar-refractivity contribution in [2.45, 2.75) is 33.9 Å². The predicted molar refractivity (Wildman–Crippen MR) is 194 cm³/mol. The Morgan fingerprint density at radius 1 is 0.755 bits per heavy atom. The molecular formula is C35H46F2N10O6. The molecule has 16 nitrogen and oxygen atoms in total. The summed E-state index contributed by atoms with van der Waals surface area (Å²) < 4.78 is 41.3. The number of carbonyl (C=O) groups excluding carboxylic acids is 3. The van der Waals surface area contributed by atoms with Crippen molar-refractivity contribution in [1.29, 1.82) is 0 Å². The molecule has 0 spiro atoms. The zero-order chi connectivity index (χ0) is 38.5. The first-order chi connectivity index (χ1) is 25.3. The number of hydrogen-bond acceptors (Lipinski definition) is 12. The van der Waals surface area contributed by atoms with Crippen LogP contribution in [-0.2, 0) is 22.6 Å². The molecule has 6 N–H and O–H groups in total. The van der Waals surface area contributed by atoms with E-state index in [0.717, 1.165) is 43.1 Å². The number of nitrogen functional groups attached to an aromatic ring is 2. The van der Waals surface area contributed by atoms with Crippen LogP contribution in [0.25, 0.3) is 0 Å². The Morgan fingerprint density at radius 2 is 1.30 bits per heavy atom. The maximum Gasteiger partial charge on any atom is 0.409 e. The van der Waals surface area contributed by atoms with Crippen LogP contribution in [-0.4, -0.2) is 107 Å². The summed E-state index contributed by atoms with van der Waals surface area (Å²) in [6.07, 6.45) is -0.286. The molecule has 0 radical (unpaired) electrons. The number of piperazine rings is 2. The summed E-state index contributed by atoms with van der Waals surface area (Å²) in [4.78, 5) is 42.6. The molecular weight excluding hydrogens is 694 g/mol. The number of carbonyl (C=O) groups is 3. The topological polar surface area (TPSA) is 202 Å². The number of nitrogens with two attached hydrogens (primary N) is 2. The van der Waals surface area contributed by atoms with Crippen LogP contribution < -0.4 is 22.1 Å². The van der Waals surface area contributed by atoms with Gasteiger partial charge in [0, 0.05) is 84.5 Å². The molecule has 2 aromatic heterocycles. The molecule has 4 aromatic rings. The third-order valence-electron chi connectivity index (χ3n) is 8.29. The first-order valence-corrected chi connectivity index (χ1v) is 16.8. The molecule has 18 heteroatoms. The molecule has 2 fully saturated rings. The minimum atomic E-state index is -0.602. The summed E-state index contributed by atoms with van der Waals surface area (Å²) in [6, 6.07) is 12.0. The van der Waals surface area contributed by atoms with E-state index in [9.17, 15) is 23.2 Å². The Morgan fingerprint density at radius 3 is 1.77 bits per heavy atom. The lowest BCUT2D eigenvalue weighted by Crippen LogP contribution is -2.48. The summed E-state index contributed by atoms with van der Waals surface area (Å²) in [6.45, 7) is 12.1. The number of hydrogen-bond donors (Lipinski definition) is 4. The zero-order valence-corrected chi connectivity index (χ0v) is 30.2. The standard InChI is InChI=1S/C18H22FN5O3.C13H18FN3O2.C4H6N2O/c1-12-9-17(22-27-12)21-18(26)20-16-10-14(3-4-15(16)19)11-23-5-7-24(8-6-23)13(2)25;1-19-13(18)17-6-4-16(5-7-17)9-10-2-3-11(14)12(15)8-10;1-3-2-4(5)6-7-3/h3-4,9-10H,5-8,11H2,1-2H3,(H2,20,21,22,26);2-3,8H,4-7,9,15H2,1H3;2H,1H3,(H2,5,6). The van der Waals surface area contributed by atoms with Crippen molar-refractivity contribution in [3.8, 4) is 0 Å². The minimum Gasteiger partial charge on any atom is -0.453 e. The maximum absolute atomic E-state index is 14.1. The van der Waals surface area contributed by atoms with Gasteiger partial charge in [0.2, 0.25) is 5.91 Å². The van der Waals surface area contributed by atoms with Gasteiger partial charge in [-0.1, -0.05) is 22.4 Å². The van der Waals surface area contributed by atoms with Gasteiger partial charge in [-0.2, -0.15) is 0 Å². The molecule has 2 aromatic carbocycles. The predicted octanol–water partition coefficient (Wildman–Crippen LogP) is 4.29. The van der Waals surface area contributed by atoms with Crippen molar-refractivity contribution in [2.75, 3.05) is 81.6 Å². The highest BCUT2D eigenvalue weighted by Gasteiger charge is 2.22. The molecule has 4 amide bonds. The number of amides is 4. The smallest absolute Gasteiger partial charge is 0.409 e. The molecule has 2 aliphatic heterocycles. The molecule has 286 valence electrons. The Kier molecular flexibility index (Phi) is 14.5. The number of nitrogens with zero attached hydrogens (tertiary/aromatic N) is 6. The van der Waals surface area contributed by atoms with Gasteiger partial charge in [0.25, 0.3) is 0 Å². The van der Waals surface area contributed by atoms with Crippen LogP contribution in [0.15, 0.2) is 57.6 Å². The molecule has 0 atom stereocenters. The number of urea groups is 1. The van der Waals surface area contributed by atoms with Crippen LogP contribution in [0.3, 0.4) is 0 Å². The third kappa shape index (κ3) is 12.8. The van der Waals surface area contributed by atoms with E-state index in [1.54, 1.807) is 62.1 Å². The minimum absolute atomic E-state index is 0.0798. The van der Waals surface area contributed by atoms with Crippen LogP contribution in [0, 0.1) is 25.5 Å². The van der Waals surface area contributed by atoms with Crippen molar-refractivity contribution < 1.29 is 36.9 Å². The number of aromatic nitrogens is 2. The molecule has 6 rings (SSSR count). The third-order valence-corrected chi connectivity index (χ3v) is 8.29. The Balaban J connectivity index is 0.000000208. The molecule has 0 saturated carbocycles. The monoisotopic (exact) mass is 740 g/mol. The maximum atomic E-state index is 14.1. The number of methoxy groups -OCH3 is 1. The van der Waals surface area contributed by atoms with Crippen molar-refractivity contribution in [1.82, 2.24) is 29.9 Å². The fourth-order valence-electron chi connectivity index (χ4n) is 5.49. The second-order valence-corrected chi connectivity index (χ2v) is 12.4. The highest BCUT2D eigenvalue weighted by atomic mass is 19.1. The Bertz CT molecular complexity index is 1800. The molecule has 0 aliphatic carbocycles. The van der Waals surface area contributed by atoms with E-state index in [-0.39, 0.29) is 35.0 Å². The average molecular weight is 741 g/mol. The SMILES string of the molecule is CC(=O)N1CCN(Cc2ccc(F)c(NC(=O)Nc3cc(C)on3)c2)CC1.COC(=O)N1CCN(Cc2ccc(F)c(N)c2)CC1.Cc1cc(N)no1. The van der Waals surface area contributed by atoms with Crippen molar-refractivity contribution in [2.24, 2.45) is 0 Å². The largest absolute Gasteiger partial charge is 0.453 e. The molecule has 0 bridgehead atoms. The fourth-order valence-corrected chi connectivity index (χ4v) is 5.49. The van der Waals surface area contributed by atoms with E-state index < -0.39 is 11.8 Å². The Labute approximate surface area is 305 Å². The lowest BCUT2D eigenvalue weighted by molar-refractivity contribution is -0.130. The van der Waals surface area contributed by atoms with E-state index in [0.29, 0.717) is 50.8 Å². The highest BCUT2D eigenvalue weighted by molar-refractivity contribution is 5.99. The van der Waals surface area contributed by atoms with Crippen molar-refractivity contribution in [3.63, 3.8) is 0 Å². The van der Waals surface area contributed by atoms with Gasteiger partial charge >= 0.3 is 12.1 Å². The molecule has 2 aliphatic rings. The normalized spacial score (nSPS) is 14.7. The number of aryl methyl sites for hydroxylation is 2. The number of ether oxygens (including phenoxy) is 1. The van der Waals surface area contributed by atoms with Crippen LogP contribution in [0.1, 0.15) is 29.6 Å². The van der Waals surface area contributed by atoms with E-state index in [1.165, 1.54) is 19.2 Å². The number of benzene rings is 2. The first-order valence-electron chi connectivity index (χ1n) is 16.8. The summed E-state index contributed by atoms with van der Waals surface area (Å²) >= 11 is 0. The van der Waals surface area contributed by atoms with E-state index >= 15 is 0 Å². The number of anilines is 4. The summed E-state index contributed by atoms with van der Waals surface area (Å²) in [5.41, 5.74) is 12.8. The zero-order valence-electron chi connectivity index (χ0n) is 30.2. The number of nitrogens with one attached hydrogen (secondary N) is 2. The second kappa shape index (κ2) is 19.2. The Hall–Kier alpha value is -5.75. The van der Waals surface area contributed by atoms with Gasteiger partial charge in [-0.3, -0.25) is 19.9 Å². The summed E-state index contributed by atoms with van der Waals surface area (Å²) in [5.74, 6) is 1.17. The molecule has 0 unspecified atom stereocenters. The second-order valence-electron chi connectivity index (χ2n) is 12.4. The number of rotatable bonds is 6. The van der Waals surface area contributed by atoms with E-state index in [1.807, 2.05) is 4.90 Å². The van der Waals surface area contributed by atoms with Gasteiger partial charge in [0.05, 0.1) is 18.5 Å². The van der Waals surface area contributed by atoms with Crippen LogP contribution in [0.4, 0.5) is 41.4 Å². The van der Waals surface area contributed by atoms with Gasteiger partial charge in [-0.15, -0.1) is 0 Å². The fraction of sp³-hybridized carbons (Fsp3) is 0.400. The molecule has 4 heterocycles. The quantitative estimate of drug-likeness (QED) is 0.205. The van der Waals surface area contributed by atoms with Crippen molar-refractivity contribution in [3.05, 3.63) is 82.8 Å². The summed E-state index contributed by atoms with van der Waals surface area (Å²) in [5, 5.41) is 12.1. The van der Waals surface area contributed by atoms with E-state index in [4.69, 9.17) is 16.0 Å². The van der Waals surface area contributed by atoms with Crippen molar-refractivity contribution >= 4 is 41.0 Å². The van der Waals surface area contributed by atoms with Crippen LogP contribution in [0.5, 0.6) is 0 Å². The van der Waals surface area contributed by atoms with Gasteiger partial charge in [-0.05, 0) is 49.2 Å². The first kappa shape index (κ1) is 40.0. The van der Waals surface area contributed by atoms with Gasteiger partial charge in [0.1, 0.15) is 23.2 Å². The van der Waals surface area contributed by atoms with Gasteiger partial charge in [0.15, 0.2) is 11.6 Å². The highest BCUT2D eigenvalue weighted by Crippen LogP contribution is 2.19. The van der Waals surface area contributed by atoms with E-state index in [2.05, 4.69) is 40.0 Å². The van der Waals surface area contributed by atoms with Crippen LogP contribution >= 0.6 is 0 Å². The average Bonchev–Trinajstić information content (AvgIpc) is 3.73. The molecule has 53 heavy (non-hydrogen) atoms. The van der Waals surface area contributed by atoms with Gasteiger partial charge in [-0.25, -0.2) is 18.4 Å². The summed E-state index contributed by atoms with van der Waals surface area (Å²) in [7, 11) is 1.38. The lowest BCUT2D eigenvalue weighted by atomic mass is 10.1. The molecule has 2 saturated heterocycles. The van der Waals surface area contributed by atoms with Crippen LogP contribution in [0.2, 0.25) is 0 Å². The lowest BCUT2D eigenvalue weighted by Gasteiger charge is -2.34. The number of halogens is 2.